The SMILES string of the molecule is O=[N+]([O-])c1cc(Br)cnc1N1CCS(=O)CC1. The average Bonchev–Trinajstić information content (AvgIpc) is 2.30. The fourth-order valence-electron chi connectivity index (χ4n) is 1.65. The molecule has 0 bridgehead atoms. The number of pyridine rings is 1. The van der Waals surface area contributed by atoms with Crippen molar-refractivity contribution in [2.45, 2.75) is 0 Å². The molecule has 0 unspecified atom stereocenters. The third-order valence-corrected chi connectivity index (χ3v) is 4.20. The molecule has 1 fully saturated rings. The van der Waals surface area contributed by atoms with Crippen molar-refractivity contribution < 1.29 is 9.13 Å². The number of hydrogen-bond donors (Lipinski definition) is 0. The smallest absolute Gasteiger partial charge is 0.312 e. The van der Waals surface area contributed by atoms with Crippen LogP contribution < -0.4 is 4.90 Å². The van der Waals surface area contributed by atoms with Crippen LogP contribution in [-0.4, -0.2) is 38.7 Å². The summed E-state index contributed by atoms with van der Waals surface area (Å²) in [6.07, 6.45) is 1.54. The number of nitro groups is 1. The van der Waals surface area contributed by atoms with Crippen LogP contribution in [0.5, 0.6) is 0 Å². The van der Waals surface area contributed by atoms with Gasteiger partial charge >= 0.3 is 5.69 Å². The maximum atomic E-state index is 11.2. The lowest BCUT2D eigenvalue weighted by atomic mass is 10.3. The van der Waals surface area contributed by atoms with Gasteiger partial charge in [-0.3, -0.25) is 14.3 Å². The van der Waals surface area contributed by atoms with Crippen molar-refractivity contribution in [1.82, 2.24) is 4.98 Å². The molecule has 6 nitrogen and oxygen atoms in total. The molecule has 8 heteroatoms. The van der Waals surface area contributed by atoms with Crippen molar-refractivity contribution in [1.29, 1.82) is 0 Å². The number of halogens is 1. The number of aromatic nitrogens is 1. The molecule has 92 valence electrons. The third-order valence-electron chi connectivity index (χ3n) is 2.49. The van der Waals surface area contributed by atoms with Crippen molar-refractivity contribution in [2.24, 2.45) is 0 Å². The molecule has 0 radical (unpaired) electrons. The molecule has 0 N–H and O–H groups in total. The van der Waals surface area contributed by atoms with Gasteiger partial charge in [-0.1, -0.05) is 0 Å². The molecule has 0 atom stereocenters. The van der Waals surface area contributed by atoms with Crippen LogP contribution >= 0.6 is 15.9 Å². The lowest BCUT2D eigenvalue weighted by Crippen LogP contribution is -2.38. The molecule has 2 rings (SSSR count). The minimum Gasteiger partial charge on any atom is -0.349 e. The first-order valence-corrected chi connectivity index (χ1v) is 7.26. The first kappa shape index (κ1) is 12.4. The Morgan fingerprint density at radius 3 is 2.71 bits per heavy atom. The van der Waals surface area contributed by atoms with Crippen LogP contribution in [0, 0.1) is 10.1 Å². The minimum absolute atomic E-state index is 0.0212. The second-order valence-corrected chi connectivity index (χ2v) is 6.20. The van der Waals surface area contributed by atoms with Crippen molar-refractivity contribution in [3.05, 3.63) is 26.9 Å². The van der Waals surface area contributed by atoms with Gasteiger partial charge in [-0.25, -0.2) is 4.98 Å². The molecule has 0 aromatic carbocycles. The Kier molecular flexibility index (Phi) is 3.72. The molecule has 1 aromatic rings. The summed E-state index contributed by atoms with van der Waals surface area (Å²) >= 11 is 3.16. The second kappa shape index (κ2) is 5.09. The zero-order chi connectivity index (χ0) is 12.4. The Balaban J connectivity index is 2.31. The summed E-state index contributed by atoms with van der Waals surface area (Å²) in [4.78, 5) is 16.4. The van der Waals surface area contributed by atoms with E-state index in [4.69, 9.17) is 0 Å². The molecule has 0 spiro atoms. The van der Waals surface area contributed by atoms with Gasteiger partial charge in [0.05, 0.1) is 4.92 Å². The number of anilines is 1. The molecule has 1 aromatic heterocycles. The van der Waals surface area contributed by atoms with Gasteiger partial charge in [-0.05, 0) is 15.9 Å². The van der Waals surface area contributed by atoms with Gasteiger partial charge in [0.2, 0.25) is 5.82 Å². The summed E-state index contributed by atoms with van der Waals surface area (Å²) in [5.41, 5.74) is -0.0212. The molecule has 1 aliphatic rings. The Morgan fingerprint density at radius 1 is 1.47 bits per heavy atom. The maximum absolute atomic E-state index is 11.2. The fraction of sp³-hybridized carbons (Fsp3) is 0.444. The summed E-state index contributed by atoms with van der Waals surface area (Å²) < 4.78 is 11.8. The van der Waals surface area contributed by atoms with E-state index in [2.05, 4.69) is 20.9 Å². The quantitative estimate of drug-likeness (QED) is 0.607. The monoisotopic (exact) mass is 319 g/mol. The van der Waals surface area contributed by atoms with Crippen LogP contribution in [0.3, 0.4) is 0 Å². The topological polar surface area (TPSA) is 76.3 Å². The Morgan fingerprint density at radius 2 is 2.12 bits per heavy atom. The largest absolute Gasteiger partial charge is 0.349 e. The van der Waals surface area contributed by atoms with Gasteiger partial charge in [0.25, 0.3) is 0 Å². The summed E-state index contributed by atoms with van der Waals surface area (Å²) in [7, 11) is -0.805. The van der Waals surface area contributed by atoms with Gasteiger partial charge in [0.1, 0.15) is 0 Å². The maximum Gasteiger partial charge on any atom is 0.312 e. The molecular weight excluding hydrogens is 310 g/mol. The zero-order valence-corrected chi connectivity index (χ0v) is 11.2. The molecule has 2 heterocycles. The Bertz CT molecular complexity index is 473. The van der Waals surface area contributed by atoms with E-state index in [0.717, 1.165) is 0 Å². The predicted octanol–water partition coefficient (Wildman–Crippen LogP) is 1.32. The summed E-state index contributed by atoms with van der Waals surface area (Å²) in [6, 6.07) is 1.44. The van der Waals surface area contributed by atoms with Crippen LogP contribution in [0.2, 0.25) is 0 Å². The van der Waals surface area contributed by atoms with Crippen LogP contribution in [0.25, 0.3) is 0 Å². The molecule has 1 saturated heterocycles. The van der Waals surface area contributed by atoms with Gasteiger partial charge in [-0.2, -0.15) is 0 Å². The number of rotatable bonds is 2. The lowest BCUT2D eigenvalue weighted by Gasteiger charge is -2.26. The van der Waals surface area contributed by atoms with E-state index in [1.807, 2.05) is 4.90 Å². The van der Waals surface area contributed by atoms with Crippen LogP contribution in [0.4, 0.5) is 11.5 Å². The highest BCUT2D eigenvalue weighted by Gasteiger charge is 2.24. The van der Waals surface area contributed by atoms with Gasteiger partial charge in [0, 0.05) is 52.1 Å². The van der Waals surface area contributed by atoms with Gasteiger partial charge in [0.15, 0.2) is 0 Å². The first-order valence-electron chi connectivity index (χ1n) is 4.98. The predicted molar refractivity (Wildman–Crippen MR) is 68.7 cm³/mol. The van der Waals surface area contributed by atoms with Crippen molar-refractivity contribution >= 4 is 38.2 Å². The second-order valence-electron chi connectivity index (χ2n) is 3.59. The van der Waals surface area contributed by atoms with E-state index in [9.17, 15) is 14.3 Å². The summed E-state index contributed by atoms with van der Waals surface area (Å²) in [5, 5.41) is 10.9. The molecule has 0 amide bonds. The molecule has 17 heavy (non-hydrogen) atoms. The normalized spacial score (nSPS) is 17.1. The van der Waals surface area contributed by atoms with Crippen LogP contribution in [0.15, 0.2) is 16.7 Å². The van der Waals surface area contributed by atoms with E-state index >= 15 is 0 Å². The fourth-order valence-corrected chi connectivity index (χ4v) is 3.02. The van der Waals surface area contributed by atoms with Crippen molar-refractivity contribution in [3.63, 3.8) is 0 Å². The standard InChI is InChI=1S/C9H10BrN3O3S/c10-7-5-8(13(14)15)9(11-6-7)12-1-3-17(16)4-2-12/h5-6H,1-4H2. The van der Waals surface area contributed by atoms with E-state index in [0.29, 0.717) is 34.9 Å². The van der Waals surface area contributed by atoms with Crippen molar-refractivity contribution in [2.75, 3.05) is 29.5 Å². The lowest BCUT2D eigenvalue weighted by molar-refractivity contribution is -0.384. The highest BCUT2D eigenvalue weighted by atomic mass is 79.9. The third kappa shape index (κ3) is 2.81. The Hall–Kier alpha value is -1.02. The Labute approximate surface area is 109 Å². The van der Waals surface area contributed by atoms with E-state index in [1.165, 1.54) is 12.3 Å². The average molecular weight is 320 g/mol. The number of nitrogens with zero attached hydrogens (tertiary/aromatic N) is 3. The van der Waals surface area contributed by atoms with Gasteiger partial charge in [-0.15, -0.1) is 0 Å². The van der Waals surface area contributed by atoms with E-state index < -0.39 is 15.7 Å². The number of hydrogen-bond acceptors (Lipinski definition) is 5. The van der Waals surface area contributed by atoms with E-state index in [-0.39, 0.29) is 5.69 Å². The zero-order valence-electron chi connectivity index (χ0n) is 8.84. The molecule has 0 saturated carbocycles. The van der Waals surface area contributed by atoms with Crippen LogP contribution in [0.1, 0.15) is 0 Å². The molecular formula is C9H10BrN3O3S. The molecule has 1 aliphatic heterocycles. The van der Waals surface area contributed by atoms with Crippen molar-refractivity contribution in [3.8, 4) is 0 Å². The van der Waals surface area contributed by atoms with Crippen LogP contribution in [-0.2, 0) is 10.8 Å². The highest BCUT2D eigenvalue weighted by Crippen LogP contribution is 2.29. The summed E-state index contributed by atoms with van der Waals surface area (Å²) in [6.45, 7) is 1.09. The van der Waals surface area contributed by atoms with Gasteiger partial charge < -0.3 is 4.90 Å². The van der Waals surface area contributed by atoms with E-state index in [1.54, 1.807) is 0 Å². The first-order chi connectivity index (χ1) is 8.08. The highest BCUT2D eigenvalue weighted by molar-refractivity contribution is 9.10. The minimum atomic E-state index is -0.805. The molecule has 0 aliphatic carbocycles. The summed E-state index contributed by atoms with van der Waals surface area (Å²) in [5.74, 6) is 1.43.